The van der Waals surface area contributed by atoms with Crippen LogP contribution in [0.5, 0.6) is 5.75 Å². The lowest BCUT2D eigenvalue weighted by Crippen LogP contribution is -2.57. The lowest BCUT2D eigenvalue weighted by Gasteiger charge is -2.44. The number of hydrogen-bond donors (Lipinski definition) is 2. The zero-order valence-electron chi connectivity index (χ0n) is 26.2. The third-order valence-corrected chi connectivity index (χ3v) is 8.58. The summed E-state index contributed by atoms with van der Waals surface area (Å²) in [4.78, 5) is 42.3. The average Bonchev–Trinajstić information content (AvgIpc) is 3.85. The van der Waals surface area contributed by atoms with E-state index in [2.05, 4.69) is 6.07 Å². The van der Waals surface area contributed by atoms with Crippen molar-refractivity contribution in [3.63, 3.8) is 0 Å². The first kappa shape index (κ1) is 33.5. The van der Waals surface area contributed by atoms with Crippen molar-refractivity contribution in [3.8, 4) is 5.75 Å². The summed E-state index contributed by atoms with van der Waals surface area (Å²) in [5.41, 5.74) is 0.366. The summed E-state index contributed by atoms with van der Waals surface area (Å²) in [5.74, 6) is -0.700. The monoisotopic (exact) mass is 613 g/mol. The predicted octanol–water partition coefficient (Wildman–Crippen LogP) is 3.63. The van der Waals surface area contributed by atoms with Crippen LogP contribution in [0.15, 0.2) is 41.3 Å². The van der Waals surface area contributed by atoms with Gasteiger partial charge in [-0.25, -0.2) is 4.79 Å². The number of likely N-dealkylation sites (tertiary alicyclic amines) is 1. The molecule has 242 valence electrons. The fourth-order valence-corrected chi connectivity index (χ4v) is 5.92. The van der Waals surface area contributed by atoms with E-state index in [4.69, 9.17) is 14.2 Å². The van der Waals surface area contributed by atoms with Gasteiger partial charge in [-0.05, 0) is 73.4 Å². The summed E-state index contributed by atoms with van der Waals surface area (Å²) < 4.78 is 17.9. The van der Waals surface area contributed by atoms with Crippen LogP contribution in [0, 0.1) is 5.92 Å². The minimum atomic E-state index is -1.68. The highest BCUT2D eigenvalue weighted by atomic mass is 16.5. The molecule has 2 N–H and O–H groups in total. The number of unbranched alkanes of at least 4 members (excludes halogenated alkanes) is 1. The molecule has 1 aliphatic heterocycles. The Morgan fingerprint density at radius 1 is 1.05 bits per heavy atom. The normalized spacial score (nSPS) is 20.0. The minimum Gasteiger partial charge on any atom is -0.491 e. The molecule has 2 aromatic rings. The summed E-state index contributed by atoms with van der Waals surface area (Å²) in [7, 11) is 3.29. The average molecular weight is 614 g/mol. The van der Waals surface area contributed by atoms with Crippen LogP contribution in [0.4, 0.5) is 4.79 Å². The molecule has 11 heteroatoms. The van der Waals surface area contributed by atoms with E-state index in [1.54, 1.807) is 35.9 Å². The first-order valence-electron chi connectivity index (χ1n) is 15.6. The van der Waals surface area contributed by atoms with Gasteiger partial charge < -0.3 is 38.8 Å². The largest absolute Gasteiger partial charge is 0.491 e. The Morgan fingerprint density at radius 3 is 2.45 bits per heavy atom. The van der Waals surface area contributed by atoms with Crippen molar-refractivity contribution in [3.05, 3.63) is 63.6 Å². The summed E-state index contributed by atoms with van der Waals surface area (Å²) in [5, 5.41) is 22.0. The molecule has 0 spiro atoms. The zero-order valence-corrected chi connectivity index (χ0v) is 26.2. The van der Waals surface area contributed by atoms with Crippen molar-refractivity contribution in [1.29, 1.82) is 0 Å². The molecule has 2 amide bonds. The Hall–Kier alpha value is -3.41. The number of methoxy groups -OCH3 is 2. The maximum absolute atomic E-state index is 14.4. The molecule has 2 fully saturated rings. The van der Waals surface area contributed by atoms with Crippen LogP contribution in [-0.2, 0) is 39.4 Å². The lowest BCUT2D eigenvalue weighted by atomic mass is 9.75. The van der Waals surface area contributed by atoms with Crippen LogP contribution in [-0.4, -0.2) is 89.8 Å². The molecule has 1 saturated heterocycles. The Morgan fingerprint density at radius 2 is 1.80 bits per heavy atom. The molecule has 0 bridgehead atoms. The summed E-state index contributed by atoms with van der Waals surface area (Å²) >= 11 is 0. The number of aliphatic hydroxyl groups is 1. The van der Waals surface area contributed by atoms with Gasteiger partial charge in [0.15, 0.2) is 0 Å². The third-order valence-electron chi connectivity index (χ3n) is 8.58. The number of amides is 2. The number of ether oxygens (including phenoxy) is 3. The second-order valence-electron chi connectivity index (χ2n) is 11.9. The molecular weight excluding hydrogens is 566 g/mol. The van der Waals surface area contributed by atoms with E-state index < -0.39 is 17.6 Å². The number of aromatic nitrogens is 1. The van der Waals surface area contributed by atoms with Gasteiger partial charge in [-0.3, -0.25) is 9.59 Å². The van der Waals surface area contributed by atoms with Gasteiger partial charge in [0.1, 0.15) is 18.0 Å². The van der Waals surface area contributed by atoms with Gasteiger partial charge in [0.25, 0.3) is 5.56 Å². The molecule has 4 rings (SSSR count). The Bertz CT molecular complexity index is 1300. The van der Waals surface area contributed by atoms with Gasteiger partial charge in [-0.1, -0.05) is 19.4 Å². The van der Waals surface area contributed by atoms with Gasteiger partial charge >= 0.3 is 6.09 Å². The smallest absolute Gasteiger partial charge is 0.407 e. The van der Waals surface area contributed by atoms with Crippen LogP contribution >= 0.6 is 0 Å². The number of piperidine rings is 1. The van der Waals surface area contributed by atoms with Crippen LogP contribution in [0.1, 0.15) is 62.1 Å². The molecule has 44 heavy (non-hydrogen) atoms. The number of carbonyl (C=O) groups excluding carboxylic acids is 1. The summed E-state index contributed by atoms with van der Waals surface area (Å²) in [6, 6.07) is 9.07. The molecule has 2 aliphatic rings. The van der Waals surface area contributed by atoms with E-state index in [1.165, 1.54) is 11.0 Å². The maximum atomic E-state index is 14.4. The van der Waals surface area contributed by atoms with Crippen LogP contribution < -0.4 is 10.3 Å². The van der Waals surface area contributed by atoms with E-state index in [9.17, 15) is 24.6 Å². The predicted molar refractivity (Wildman–Crippen MR) is 165 cm³/mol. The van der Waals surface area contributed by atoms with Crippen molar-refractivity contribution >= 4 is 12.0 Å². The number of nitrogens with zero attached hydrogens (tertiary/aromatic N) is 3. The molecule has 0 radical (unpaired) electrons. The SMILES string of the molecule is CCCCn1ccc([C@@]2(O)CCN(C(=O)O)C[C@@H]2C(=O)N(Cc2cc(CCCOC)cc(OCCOC)c2)C2CC2)cc1=O. The van der Waals surface area contributed by atoms with Gasteiger partial charge in [-0.2, -0.15) is 0 Å². The summed E-state index contributed by atoms with van der Waals surface area (Å²) in [6.45, 7) is 4.27. The highest BCUT2D eigenvalue weighted by Gasteiger charge is 2.51. The van der Waals surface area contributed by atoms with E-state index in [0.29, 0.717) is 44.2 Å². The summed E-state index contributed by atoms with van der Waals surface area (Å²) in [6.07, 6.45) is 5.59. The van der Waals surface area contributed by atoms with Gasteiger partial charge in [0.2, 0.25) is 5.91 Å². The first-order chi connectivity index (χ1) is 21.2. The Kier molecular flexibility index (Phi) is 11.8. The highest BCUT2D eigenvalue weighted by molar-refractivity contribution is 5.82. The quantitative estimate of drug-likeness (QED) is 0.275. The molecule has 1 saturated carbocycles. The Balaban J connectivity index is 1.65. The molecule has 1 aliphatic carbocycles. The second kappa shape index (κ2) is 15.5. The van der Waals surface area contributed by atoms with Crippen LogP contribution in [0.2, 0.25) is 0 Å². The van der Waals surface area contributed by atoms with Gasteiger partial charge in [-0.15, -0.1) is 0 Å². The molecule has 11 nitrogen and oxygen atoms in total. The van der Waals surface area contributed by atoms with Crippen molar-refractivity contribution in [2.24, 2.45) is 5.92 Å². The number of pyridine rings is 1. The van der Waals surface area contributed by atoms with E-state index >= 15 is 0 Å². The first-order valence-corrected chi connectivity index (χ1v) is 15.6. The van der Waals surface area contributed by atoms with Crippen LogP contribution in [0.3, 0.4) is 0 Å². The van der Waals surface area contributed by atoms with Gasteiger partial charge in [0, 0.05) is 65.3 Å². The number of carbonyl (C=O) groups is 2. The third kappa shape index (κ3) is 8.40. The fourth-order valence-electron chi connectivity index (χ4n) is 5.92. The number of hydrogen-bond acceptors (Lipinski definition) is 7. The van der Waals surface area contributed by atoms with E-state index in [1.807, 2.05) is 19.1 Å². The fraction of sp³-hybridized carbons (Fsp3) is 0.606. The lowest BCUT2D eigenvalue weighted by molar-refractivity contribution is -0.154. The van der Waals surface area contributed by atoms with Crippen molar-refractivity contribution < 1.29 is 34.0 Å². The second-order valence-corrected chi connectivity index (χ2v) is 11.9. The topological polar surface area (TPSA) is 131 Å². The maximum Gasteiger partial charge on any atom is 0.407 e. The number of benzene rings is 1. The molecule has 1 aromatic heterocycles. The minimum absolute atomic E-state index is 0.0102. The van der Waals surface area contributed by atoms with Crippen molar-refractivity contribution in [1.82, 2.24) is 14.4 Å². The standard InChI is InChI=1S/C33H47N3O8/c1-4-5-12-34-13-10-26(21-30(34)37)33(41)11-14-35(32(39)40)23-29(33)31(38)36(27-8-9-27)22-25-18-24(7-6-15-42-2)19-28(20-25)44-17-16-43-3/h10,13,18-21,27,29,41H,4-9,11-12,14-17,22-23H2,1-3H3,(H,39,40)/t29-,33+/m1/s1. The number of rotatable bonds is 16. The number of aryl methyl sites for hydroxylation is 2. The Labute approximate surface area is 259 Å². The van der Waals surface area contributed by atoms with E-state index in [0.717, 1.165) is 49.7 Å². The zero-order chi connectivity index (χ0) is 31.7. The highest BCUT2D eigenvalue weighted by Crippen LogP contribution is 2.41. The van der Waals surface area contributed by atoms with E-state index in [-0.39, 0.29) is 37.0 Å². The number of carboxylic acid groups (broad SMARTS) is 1. The van der Waals surface area contributed by atoms with Gasteiger partial charge in [0.05, 0.1) is 12.5 Å². The molecule has 1 aromatic carbocycles. The molecule has 0 unspecified atom stereocenters. The van der Waals surface area contributed by atoms with Crippen LogP contribution in [0.25, 0.3) is 0 Å². The molecule has 2 heterocycles. The van der Waals surface area contributed by atoms with Crippen molar-refractivity contribution in [2.75, 3.05) is 47.1 Å². The molecule has 2 atom stereocenters. The molecular formula is C33H47N3O8. The van der Waals surface area contributed by atoms with Crippen molar-refractivity contribution in [2.45, 2.75) is 76.6 Å².